The van der Waals surface area contributed by atoms with Crippen LogP contribution in [0.25, 0.3) is 6.08 Å². The maximum absolute atomic E-state index is 12.7. The maximum atomic E-state index is 12.7. The molecular formula is C18H15BrO4. The van der Waals surface area contributed by atoms with Crippen molar-refractivity contribution in [1.82, 2.24) is 0 Å². The molecule has 0 amide bonds. The summed E-state index contributed by atoms with van der Waals surface area (Å²) in [7, 11) is 1.49. The topological polar surface area (TPSA) is 55.8 Å². The first kappa shape index (κ1) is 15.6. The van der Waals surface area contributed by atoms with Gasteiger partial charge in [-0.15, -0.1) is 0 Å². The number of carbonyl (C=O) groups is 1. The van der Waals surface area contributed by atoms with Crippen molar-refractivity contribution in [2.45, 2.75) is 6.42 Å². The van der Waals surface area contributed by atoms with E-state index in [4.69, 9.17) is 9.47 Å². The van der Waals surface area contributed by atoms with E-state index in [9.17, 15) is 9.90 Å². The minimum atomic E-state index is -0.0553. The summed E-state index contributed by atoms with van der Waals surface area (Å²) in [5, 5.41) is 9.86. The van der Waals surface area contributed by atoms with Crippen molar-refractivity contribution in [1.29, 1.82) is 0 Å². The van der Waals surface area contributed by atoms with Crippen molar-refractivity contribution in [2.75, 3.05) is 13.7 Å². The molecular weight excluding hydrogens is 360 g/mol. The highest BCUT2D eigenvalue weighted by atomic mass is 79.9. The Balaban J connectivity index is 1.98. The number of phenols is 1. The van der Waals surface area contributed by atoms with Crippen molar-refractivity contribution in [3.05, 3.63) is 57.6 Å². The van der Waals surface area contributed by atoms with Crippen LogP contribution in [0.2, 0.25) is 0 Å². The number of carbonyl (C=O) groups excluding carboxylic acids is 1. The van der Waals surface area contributed by atoms with Crippen molar-refractivity contribution in [3.63, 3.8) is 0 Å². The van der Waals surface area contributed by atoms with Crippen LogP contribution in [0.1, 0.15) is 22.3 Å². The normalized spacial score (nSPS) is 15.7. The summed E-state index contributed by atoms with van der Waals surface area (Å²) in [6.07, 6.45) is 2.29. The molecule has 2 aromatic rings. The number of phenolic OH excluding ortho intramolecular Hbond substituents is 1. The predicted molar refractivity (Wildman–Crippen MR) is 91.2 cm³/mol. The van der Waals surface area contributed by atoms with Crippen LogP contribution in [-0.4, -0.2) is 24.6 Å². The Morgan fingerprint density at radius 2 is 2.09 bits per heavy atom. The van der Waals surface area contributed by atoms with E-state index in [2.05, 4.69) is 15.9 Å². The molecule has 0 unspecified atom stereocenters. The lowest BCUT2D eigenvalue weighted by molar-refractivity contribution is 0.103. The lowest BCUT2D eigenvalue weighted by atomic mass is 9.99. The molecule has 0 bridgehead atoms. The lowest BCUT2D eigenvalue weighted by Gasteiger charge is -2.06. The molecule has 0 atom stereocenters. The second kappa shape index (κ2) is 6.46. The lowest BCUT2D eigenvalue weighted by Crippen LogP contribution is -2.02. The highest BCUT2D eigenvalue weighted by Crippen LogP contribution is 2.32. The number of ether oxygens (including phenoxy) is 2. The number of halogens is 1. The van der Waals surface area contributed by atoms with Crippen LogP contribution in [0.15, 0.2) is 46.4 Å². The van der Waals surface area contributed by atoms with Crippen LogP contribution in [0.3, 0.4) is 0 Å². The Hall–Kier alpha value is -2.27. The molecule has 0 saturated heterocycles. The molecule has 2 aromatic carbocycles. The smallest absolute Gasteiger partial charge is 0.192 e. The Morgan fingerprint density at radius 1 is 1.26 bits per heavy atom. The number of methoxy groups -OCH3 is 1. The summed E-state index contributed by atoms with van der Waals surface area (Å²) in [5.74, 6) is 0.979. The molecule has 118 valence electrons. The quantitative estimate of drug-likeness (QED) is 0.799. The summed E-state index contributed by atoms with van der Waals surface area (Å²) < 4.78 is 11.6. The van der Waals surface area contributed by atoms with Gasteiger partial charge in [-0.2, -0.15) is 0 Å². The first-order valence-electron chi connectivity index (χ1n) is 7.13. The number of aromatic hydroxyl groups is 1. The third kappa shape index (κ3) is 3.24. The number of Topliss-reactive ketones (excluding diaryl/α,β-unsaturated/α-hetero) is 1. The fourth-order valence-electron chi connectivity index (χ4n) is 2.50. The Labute approximate surface area is 142 Å². The monoisotopic (exact) mass is 374 g/mol. The van der Waals surface area contributed by atoms with Crippen LogP contribution < -0.4 is 9.47 Å². The summed E-state index contributed by atoms with van der Waals surface area (Å²) in [5.41, 5.74) is 1.94. The van der Waals surface area contributed by atoms with E-state index in [0.29, 0.717) is 35.7 Å². The van der Waals surface area contributed by atoms with Crippen LogP contribution in [-0.2, 0) is 0 Å². The molecule has 0 spiro atoms. The highest BCUT2D eigenvalue weighted by molar-refractivity contribution is 9.10. The maximum Gasteiger partial charge on any atom is 0.192 e. The molecule has 23 heavy (non-hydrogen) atoms. The fraction of sp³-hybridized carbons (Fsp3) is 0.167. The van der Waals surface area contributed by atoms with Crippen LogP contribution >= 0.6 is 15.9 Å². The molecule has 0 saturated carbocycles. The molecule has 5 heteroatoms. The highest BCUT2D eigenvalue weighted by Gasteiger charge is 2.21. The van der Waals surface area contributed by atoms with Gasteiger partial charge < -0.3 is 14.6 Å². The second-order valence-corrected chi connectivity index (χ2v) is 6.08. The molecule has 1 aliphatic heterocycles. The summed E-state index contributed by atoms with van der Waals surface area (Å²) in [6.45, 7) is 0.434. The van der Waals surface area contributed by atoms with E-state index < -0.39 is 0 Å². The molecule has 1 heterocycles. The number of rotatable bonds is 2. The number of hydrogen-bond donors (Lipinski definition) is 1. The van der Waals surface area contributed by atoms with Gasteiger partial charge in [-0.3, -0.25) is 4.79 Å². The van der Waals surface area contributed by atoms with Crippen molar-refractivity contribution >= 4 is 27.8 Å². The van der Waals surface area contributed by atoms with Crippen molar-refractivity contribution in [3.8, 4) is 17.2 Å². The van der Waals surface area contributed by atoms with Crippen LogP contribution in [0.4, 0.5) is 0 Å². The first-order chi connectivity index (χ1) is 11.1. The van der Waals surface area contributed by atoms with Gasteiger partial charge in [0.15, 0.2) is 17.3 Å². The van der Waals surface area contributed by atoms with Gasteiger partial charge in [0.1, 0.15) is 5.75 Å². The third-order valence-corrected chi connectivity index (χ3v) is 4.15. The summed E-state index contributed by atoms with van der Waals surface area (Å²) >= 11 is 3.38. The second-order valence-electron chi connectivity index (χ2n) is 5.17. The minimum absolute atomic E-state index is 0.0449. The molecule has 1 aliphatic rings. The zero-order valence-corrected chi connectivity index (χ0v) is 14.1. The largest absolute Gasteiger partial charge is 0.504 e. The van der Waals surface area contributed by atoms with E-state index in [-0.39, 0.29) is 11.5 Å². The summed E-state index contributed by atoms with van der Waals surface area (Å²) in [4.78, 5) is 12.7. The van der Waals surface area contributed by atoms with Gasteiger partial charge in [-0.1, -0.05) is 22.0 Å². The molecule has 3 rings (SSSR count). The fourth-order valence-corrected chi connectivity index (χ4v) is 2.84. The van der Waals surface area contributed by atoms with Gasteiger partial charge in [-0.25, -0.2) is 0 Å². The number of fused-ring (bicyclic) bond motifs is 1. The number of benzene rings is 2. The Bertz CT molecular complexity index is 796. The van der Waals surface area contributed by atoms with Gasteiger partial charge in [0.05, 0.1) is 19.3 Å². The molecule has 0 radical (unpaired) electrons. The van der Waals surface area contributed by atoms with Crippen LogP contribution in [0, 0.1) is 0 Å². The Morgan fingerprint density at radius 3 is 2.83 bits per heavy atom. The van der Waals surface area contributed by atoms with Crippen molar-refractivity contribution < 1.29 is 19.4 Å². The average Bonchev–Trinajstić information content (AvgIpc) is 2.67. The summed E-state index contributed by atoms with van der Waals surface area (Å²) in [6, 6.07) is 10.4. The third-order valence-electron chi connectivity index (χ3n) is 3.65. The van der Waals surface area contributed by atoms with Gasteiger partial charge >= 0.3 is 0 Å². The van der Waals surface area contributed by atoms with E-state index in [1.54, 1.807) is 36.4 Å². The van der Waals surface area contributed by atoms with Crippen molar-refractivity contribution in [2.24, 2.45) is 0 Å². The molecule has 0 aliphatic carbocycles. The van der Waals surface area contributed by atoms with Gasteiger partial charge in [0, 0.05) is 16.5 Å². The standard InChI is InChI=1S/C18H15BrO4/c1-22-16-5-2-11(9-15(16)20)8-12-6-7-23-17-10-13(19)3-4-14(17)18(12)21/h2-5,8-10,20H,6-7H2,1H3. The van der Waals surface area contributed by atoms with E-state index >= 15 is 0 Å². The molecule has 0 aromatic heterocycles. The Kier molecular flexibility index (Phi) is 4.39. The average molecular weight is 375 g/mol. The van der Waals surface area contributed by atoms with E-state index in [1.807, 2.05) is 6.07 Å². The minimum Gasteiger partial charge on any atom is -0.504 e. The SMILES string of the molecule is COc1ccc(C=C2CCOc3cc(Br)ccc3C2=O)cc1O. The number of hydrogen-bond acceptors (Lipinski definition) is 4. The zero-order chi connectivity index (χ0) is 16.4. The molecule has 0 fully saturated rings. The van der Waals surface area contributed by atoms with Gasteiger partial charge in [0.2, 0.25) is 0 Å². The molecule has 4 nitrogen and oxygen atoms in total. The molecule has 1 N–H and O–H groups in total. The van der Waals surface area contributed by atoms with Gasteiger partial charge in [-0.05, 0) is 42.0 Å². The first-order valence-corrected chi connectivity index (χ1v) is 7.92. The van der Waals surface area contributed by atoms with Crippen LogP contribution in [0.5, 0.6) is 17.2 Å². The number of ketones is 1. The van der Waals surface area contributed by atoms with Gasteiger partial charge in [0.25, 0.3) is 0 Å². The predicted octanol–water partition coefficient (Wildman–Crippen LogP) is 4.21. The van der Waals surface area contributed by atoms with E-state index in [1.165, 1.54) is 7.11 Å². The van der Waals surface area contributed by atoms with E-state index in [0.717, 1.165) is 10.0 Å². The zero-order valence-electron chi connectivity index (χ0n) is 12.5.